The minimum Gasteiger partial charge on any atom is -0.338 e. The molecule has 15 heavy (non-hydrogen) atoms. The highest BCUT2D eigenvalue weighted by Gasteiger charge is 2.15. The van der Waals surface area contributed by atoms with Crippen LogP contribution < -0.4 is 0 Å². The fraction of sp³-hybridized carbons (Fsp3) is 0. The average molecular weight is 225 g/mol. The lowest BCUT2D eigenvalue weighted by Crippen LogP contribution is -2.12. The first-order valence-electron chi connectivity index (χ1n) is 3.70. The molecule has 0 bridgehead atoms. The van der Waals surface area contributed by atoms with Crippen LogP contribution in [0.5, 0.6) is 0 Å². The van der Waals surface area contributed by atoms with E-state index in [-0.39, 0.29) is 5.56 Å². The van der Waals surface area contributed by atoms with Crippen molar-refractivity contribution in [1.29, 1.82) is 5.26 Å². The highest BCUT2D eigenvalue weighted by molar-refractivity contribution is 7.81. The van der Waals surface area contributed by atoms with Gasteiger partial charge in [-0.05, 0) is 12.1 Å². The zero-order valence-electron chi connectivity index (χ0n) is 7.32. The molecule has 0 saturated heterocycles. The minimum absolute atomic E-state index is 0.235. The predicted molar refractivity (Wildman–Crippen MR) is 49.3 cm³/mol. The molecule has 0 fully saturated rings. The van der Waals surface area contributed by atoms with Crippen LogP contribution in [0.4, 0.5) is 0 Å². The van der Waals surface area contributed by atoms with Gasteiger partial charge in [0.2, 0.25) is 6.19 Å². The number of nitriles is 1. The normalized spacial score (nSPS) is 11.9. The Bertz CT molecular complexity index is 501. The van der Waals surface area contributed by atoms with Crippen LogP contribution in [0.15, 0.2) is 35.3 Å². The number of nitrogens with zero attached hydrogens (tertiary/aromatic N) is 2. The summed E-state index contributed by atoms with van der Waals surface area (Å²) in [6.07, 6.45) is 1.35. The fourth-order valence-electron chi connectivity index (χ4n) is 0.854. The highest BCUT2D eigenvalue weighted by Crippen LogP contribution is 2.05. The maximum Gasteiger partial charge on any atom is 0.479 e. The van der Waals surface area contributed by atoms with Crippen molar-refractivity contribution in [1.82, 2.24) is 0 Å². The standard InChI is InChI=1S/C8H5N2O4S/c9-6-10-8(14-15(11,12)13)7-4-2-1-3-5-7/h1-5H. The van der Waals surface area contributed by atoms with Gasteiger partial charge in [0.1, 0.15) is 0 Å². The third kappa shape index (κ3) is 3.76. The summed E-state index contributed by atoms with van der Waals surface area (Å²) in [6, 6.07) is 7.77. The molecule has 0 saturated carbocycles. The molecule has 1 aromatic carbocycles. The van der Waals surface area contributed by atoms with E-state index < -0.39 is 16.3 Å². The van der Waals surface area contributed by atoms with Crippen molar-refractivity contribution < 1.29 is 17.2 Å². The van der Waals surface area contributed by atoms with Gasteiger partial charge < -0.3 is 4.18 Å². The molecule has 1 rings (SSSR count). The third-order valence-electron chi connectivity index (χ3n) is 1.35. The molecule has 7 heteroatoms. The van der Waals surface area contributed by atoms with E-state index in [1.807, 2.05) is 0 Å². The summed E-state index contributed by atoms with van der Waals surface area (Å²) in [6.45, 7) is 0. The van der Waals surface area contributed by atoms with E-state index in [1.165, 1.54) is 18.3 Å². The molecule has 0 amide bonds. The van der Waals surface area contributed by atoms with Gasteiger partial charge in [0.25, 0.3) is 5.90 Å². The van der Waals surface area contributed by atoms with Gasteiger partial charge in [-0.25, -0.2) is 0 Å². The molecule has 0 aromatic heterocycles. The van der Waals surface area contributed by atoms with Crippen molar-refractivity contribution in [2.45, 2.75) is 0 Å². The van der Waals surface area contributed by atoms with E-state index in [2.05, 4.69) is 9.18 Å². The summed E-state index contributed by atoms with van der Waals surface area (Å²) in [5.41, 5.74) is 0.235. The highest BCUT2D eigenvalue weighted by atomic mass is 32.3. The van der Waals surface area contributed by atoms with E-state index in [1.54, 1.807) is 18.2 Å². The number of hydrogen-bond donors (Lipinski definition) is 0. The van der Waals surface area contributed by atoms with Crippen LogP contribution in [-0.2, 0) is 19.1 Å². The van der Waals surface area contributed by atoms with E-state index >= 15 is 0 Å². The monoisotopic (exact) mass is 225 g/mol. The maximum absolute atomic E-state index is 10.3. The van der Waals surface area contributed by atoms with Gasteiger partial charge in [-0.1, -0.05) is 22.8 Å². The van der Waals surface area contributed by atoms with Crippen molar-refractivity contribution in [2.24, 2.45) is 4.99 Å². The SMILES string of the molecule is N#CN=C(OS([O])(=O)=O)c1ccccc1. The Kier molecular flexibility index (Phi) is 3.38. The van der Waals surface area contributed by atoms with E-state index in [0.29, 0.717) is 0 Å². The van der Waals surface area contributed by atoms with Crippen LogP contribution in [0.3, 0.4) is 0 Å². The Hall–Kier alpha value is -1.91. The lowest BCUT2D eigenvalue weighted by molar-refractivity contribution is 0.334. The molecule has 1 aromatic rings. The van der Waals surface area contributed by atoms with E-state index in [9.17, 15) is 13.0 Å². The van der Waals surface area contributed by atoms with Crippen LogP contribution in [0, 0.1) is 11.5 Å². The summed E-state index contributed by atoms with van der Waals surface area (Å²) in [4.78, 5) is 3.10. The quantitative estimate of drug-likeness (QED) is 0.418. The molecule has 0 heterocycles. The Morgan fingerprint density at radius 1 is 1.33 bits per heavy atom. The van der Waals surface area contributed by atoms with Crippen LogP contribution in [0.1, 0.15) is 5.56 Å². The number of rotatable bonds is 2. The first kappa shape index (κ1) is 11.2. The molecule has 0 aliphatic rings. The van der Waals surface area contributed by atoms with Gasteiger partial charge in [-0.15, -0.1) is 4.99 Å². The molecular weight excluding hydrogens is 220 g/mol. The largest absolute Gasteiger partial charge is 0.479 e. The van der Waals surface area contributed by atoms with E-state index in [4.69, 9.17) is 5.26 Å². The Morgan fingerprint density at radius 2 is 1.93 bits per heavy atom. The van der Waals surface area contributed by atoms with Crippen molar-refractivity contribution in [2.75, 3.05) is 0 Å². The topological polar surface area (TPSA) is 99.4 Å². The second-order valence-corrected chi connectivity index (χ2v) is 3.36. The summed E-state index contributed by atoms with van der Waals surface area (Å²) in [5.74, 6) is -0.534. The fourth-order valence-corrected chi connectivity index (χ4v) is 1.18. The first-order chi connectivity index (χ1) is 7.03. The van der Waals surface area contributed by atoms with Crippen molar-refractivity contribution >= 4 is 16.3 Å². The summed E-state index contributed by atoms with van der Waals surface area (Å²) in [7, 11) is -4.93. The lowest BCUT2D eigenvalue weighted by Gasteiger charge is -2.01. The minimum atomic E-state index is -4.93. The molecule has 0 N–H and O–H groups in total. The van der Waals surface area contributed by atoms with Crippen LogP contribution in [-0.4, -0.2) is 14.3 Å². The third-order valence-corrected chi connectivity index (χ3v) is 1.72. The van der Waals surface area contributed by atoms with Crippen LogP contribution in [0.25, 0.3) is 0 Å². The van der Waals surface area contributed by atoms with Gasteiger partial charge in [-0.2, -0.15) is 13.7 Å². The van der Waals surface area contributed by atoms with Crippen molar-refractivity contribution in [3.8, 4) is 6.19 Å². The van der Waals surface area contributed by atoms with Gasteiger partial charge in [0.15, 0.2) is 0 Å². The molecule has 0 aliphatic carbocycles. The molecule has 77 valence electrons. The van der Waals surface area contributed by atoms with Crippen LogP contribution >= 0.6 is 0 Å². The molecule has 0 atom stereocenters. The molecule has 6 nitrogen and oxygen atoms in total. The van der Waals surface area contributed by atoms with Crippen molar-refractivity contribution in [3.63, 3.8) is 0 Å². The van der Waals surface area contributed by atoms with Gasteiger partial charge >= 0.3 is 10.4 Å². The maximum atomic E-state index is 10.3. The van der Waals surface area contributed by atoms with Crippen LogP contribution in [0.2, 0.25) is 0 Å². The second-order valence-electron chi connectivity index (χ2n) is 2.37. The number of hydrogen-bond acceptors (Lipinski definition) is 5. The van der Waals surface area contributed by atoms with Gasteiger partial charge in [0.05, 0.1) is 0 Å². The summed E-state index contributed by atoms with van der Waals surface area (Å²) >= 11 is 0. The summed E-state index contributed by atoms with van der Waals surface area (Å²) in [5, 5.41) is 8.28. The van der Waals surface area contributed by atoms with Gasteiger partial charge in [-0.3, -0.25) is 0 Å². The predicted octanol–water partition coefficient (Wildman–Crippen LogP) is 0.606. The van der Waals surface area contributed by atoms with E-state index in [0.717, 1.165) is 0 Å². The Labute approximate surface area is 86.4 Å². The molecular formula is C8H5N2O4S. The number of benzene rings is 1. The molecule has 0 spiro atoms. The molecule has 0 aliphatic heterocycles. The zero-order chi connectivity index (χ0) is 11.3. The summed E-state index contributed by atoms with van der Waals surface area (Å²) < 4.78 is 35.0. The smallest absolute Gasteiger partial charge is 0.338 e. The first-order valence-corrected chi connectivity index (χ1v) is 5.04. The molecule has 1 radical (unpaired) electrons. The lowest BCUT2D eigenvalue weighted by atomic mass is 10.2. The van der Waals surface area contributed by atoms with Gasteiger partial charge in [0, 0.05) is 5.56 Å². The van der Waals surface area contributed by atoms with Crippen molar-refractivity contribution in [3.05, 3.63) is 35.9 Å². The Morgan fingerprint density at radius 3 is 2.40 bits per heavy atom. The second kappa shape index (κ2) is 4.54. The molecule has 0 unspecified atom stereocenters. The number of aliphatic imine (C=N–C) groups is 1. The Balaban J connectivity index is 3.07. The zero-order valence-corrected chi connectivity index (χ0v) is 8.14. The average Bonchev–Trinajstić information content (AvgIpc) is 2.17.